The molecule has 3 amide bonds. The van der Waals surface area contributed by atoms with Crippen LogP contribution in [0.1, 0.15) is 21.9 Å². The lowest BCUT2D eigenvalue weighted by atomic mass is 10.1. The molecule has 1 aliphatic rings. The molecule has 3 rings (SSSR count). The summed E-state index contributed by atoms with van der Waals surface area (Å²) in [5.41, 5.74) is 0.732. The number of carbonyl (C=O) groups excluding carboxylic acids is 3. The number of amides is 3. The molecule has 1 saturated heterocycles. The number of furan rings is 1. The van der Waals surface area contributed by atoms with Crippen molar-refractivity contribution in [3.05, 3.63) is 65.8 Å². The zero-order valence-electron chi connectivity index (χ0n) is 16.5. The minimum atomic E-state index is -0.645. The number of nitrogens with one attached hydrogen (secondary N) is 1. The Balaban J connectivity index is 1.77. The number of hydrogen-bond donors (Lipinski definition) is 1. The number of carbonyl (C=O) groups is 3. The summed E-state index contributed by atoms with van der Waals surface area (Å²) in [5, 5.41) is 2.53. The molecule has 9 heteroatoms. The van der Waals surface area contributed by atoms with E-state index in [-0.39, 0.29) is 23.8 Å². The topological polar surface area (TPSA) is 107 Å². The van der Waals surface area contributed by atoms with E-state index in [0.717, 1.165) is 4.90 Å². The molecular weight excluding hydrogens is 392 g/mol. The van der Waals surface area contributed by atoms with Crippen LogP contribution in [-0.4, -0.2) is 43.6 Å². The van der Waals surface area contributed by atoms with E-state index in [4.69, 9.17) is 13.9 Å². The van der Waals surface area contributed by atoms with E-state index >= 15 is 0 Å². The molecule has 156 valence electrons. The summed E-state index contributed by atoms with van der Waals surface area (Å²) in [7, 11) is 2.73. The van der Waals surface area contributed by atoms with Crippen LogP contribution < -0.4 is 14.8 Å². The monoisotopic (exact) mass is 412 g/mol. The molecule has 1 fully saturated rings. The van der Waals surface area contributed by atoms with E-state index in [1.807, 2.05) is 0 Å². The highest BCUT2D eigenvalue weighted by Crippen LogP contribution is 2.29. The molecule has 0 radical (unpaired) electrons. The Hall–Kier alpha value is -4.01. The van der Waals surface area contributed by atoms with Gasteiger partial charge in [-0.15, -0.1) is 0 Å². The second kappa shape index (κ2) is 8.99. The smallest absolute Gasteiger partial charge is 0.373 e. The van der Waals surface area contributed by atoms with Crippen molar-refractivity contribution < 1.29 is 33.0 Å². The molecule has 30 heavy (non-hydrogen) atoms. The van der Waals surface area contributed by atoms with Crippen LogP contribution in [0.25, 0.3) is 6.08 Å². The van der Waals surface area contributed by atoms with Crippen LogP contribution >= 0.6 is 0 Å². The van der Waals surface area contributed by atoms with E-state index in [1.165, 1.54) is 32.4 Å². The Kier molecular flexibility index (Phi) is 6.21. The summed E-state index contributed by atoms with van der Waals surface area (Å²) in [4.78, 5) is 37.4. The maximum Gasteiger partial charge on any atom is 0.373 e. The molecule has 0 unspecified atom stereocenters. The molecule has 0 spiro atoms. The van der Waals surface area contributed by atoms with E-state index in [9.17, 15) is 14.4 Å². The Morgan fingerprint density at radius 3 is 2.70 bits per heavy atom. The van der Waals surface area contributed by atoms with Crippen LogP contribution in [0.2, 0.25) is 0 Å². The standard InChI is InChI=1S/C21H20N2O7/c1-4-9-29-16-7-5-13(11-18(16)27-2)10-15-19(24)23(21(26)22-15)12-14-6-8-17(30-14)20(25)28-3/h4-8,10-11H,1,9,12H2,2-3H3,(H,22,26)/b15-10-. The quantitative estimate of drug-likeness (QED) is 0.307. The van der Waals surface area contributed by atoms with Crippen molar-refractivity contribution in [1.82, 2.24) is 10.2 Å². The van der Waals surface area contributed by atoms with Gasteiger partial charge < -0.3 is 23.9 Å². The highest BCUT2D eigenvalue weighted by Gasteiger charge is 2.34. The average molecular weight is 412 g/mol. The van der Waals surface area contributed by atoms with Gasteiger partial charge in [-0.05, 0) is 35.9 Å². The number of methoxy groups -OCH3 is 2. The molecule has 0 atom stereocenters. The molecule has 0 bridgehead atoms. The SMILES string of the molecule is C=CCOc1ccc(/C=C2\NC(=O)N(Cc3ccc(C(=O)OC)o3)C2=O)cc1OC. The molecule has 2 heterocycles. The number of hydrogen-bond acceptors (Lipinski definition) is 7. The zero-order chi connectivity index (χ0) is 21.7. The fraction of sp³-hybridized carbons (Fsp3) is 0.190. The lowest BCUT2D eigenvalue weighted by Gasteiger charge is -2.10. The summed E-state index contributed by atoms with van der Waals surface area (Å²) >= 11 is 0. The molecule has 2 aromatic rings. The fourth-order valence-corrected chi connectivity index (χ4v) is 2.75. The van der Waals surface area contributed by atoms with Gasteiger partial charge in [-0.2, -0.15) is 0 Å². The van der Waals surface area contributed by atoms with E-state index < -0.39 is 17.9 Å². The molecule has 1 N–H and O–H groups in total. The molecule has 0 saturated carbocycles. The summed E-state index contributed by atoms with van der Waals surface area (Å²) in [5.74, 6) is 0.0927. The lowest BCUT2D eigenvalue weighted by molar-refractivity contribution is -0.123. The Bertz CT molecular complexity index is 1020. The number of imide groups is 1. The third-order valence-corrected chi connectivity index (χ3v) is 4.18. The lowest BCUT2D eigenvalue weighted by Crippen LogP contribution is -2.30. The van der Waals surface area contributed by atoms with Gasteiger partial charge in [0.25, 0.3) is 5.91 Å². The molecule has 9 nitrogen and oxygen atoms in total. The van der Waals surface area contributed by atoms with Crippen LogP contribution in [0.15, 0.2) is 53.1 Å². The van der Waals surface area contributed by atoms with Crippen molar-refractivity contribution in [3.8, 4) is 11.5 Å². The predicted molar refractivity (Wildman–Crippen MR) is 106 cm³/mol. The van der Waals surface area contributed by atoms with Crippen LogP contribution in [0.3, 0.4) is 0 Å². The number of rotatable bonds is 8. The minimum Gasteiger partial charge on any atom is -0.493 e. The van der Waals surface area contributed by atoms with Crippen molar-refractivity contribution >= 4 is 24.0 Å². The molecule has 1 aromatic heterocycles. The van der Waals surface area contributed by atoms with Crippen molar-refractivity contribution in [3.63, 3.8) is 0 Å². The summed E-state index contributed by atoms with van der Waals surface area (Å²) in [6, 6.07) is 7.43. The zero-order valence-corrected chi connectivity index (χ0v) is 16.5. The second-order valence-electron chi connectivity index (χ2n) is 6.15. The molecular formula is C21H20N2O7. The van der Waals surface area contributed by atoms with Gasteiger partial charge >= 0.3 is 12.0 Å². The number of esters is 1. The number of benzene rings is 1. The first-order valence-corrected chi connectivity index (χ1v) is 8.90. The van der Waals surface area contributed by atoms with Crippen molar-refractivity contribution in [2.24, 2.45) is 0 Å². The number of nitrogens with zero attached hydrogens (tertiary/aromatic N) is 1. The van der Waals surface area contributed by atoms with E-state index in [2.05, 4.69) is 16.6 Å². The Morgan fingerprint density at radius 1 is 1.20 bits per heavy atom. The van der Waals surface area contributed by atoms with Crippen LogP contribution in [-0.2, 0) is 16.1 Å². The van der Waals surface area contributed by atoms with Crippen molar-refractivity contribution in [2.45, 2.75) is 6.54 Å². The fourth-order valence-electron chi connectivity index (χ4n) is 2.75. The first-order chi connectivity index (χ1) is 14.5. The Morgan fingerprint density at radius 2 is 2.00 bits per heavy atom. The van der Waals surface area contributed by atoms with Gasteiger partial charge in [0, 0.05) is 0 Å². The first kappa shape index (κ1) is 20.7. The first-order valence-electron chi connectivity index (χ1n) is 8.90. The van der Waals surface area contributed by atoms with Crippen LogP contribution in [0, 0.1) is 0 Å². The summed E-state index contributed by atoms with van der Waals surface area (Å²) < 4.78 is 20.7. The van der Waals surface area contributed by atoms with Gasteiger partial charge in [0.05, 0.1) is 20.8 Å². The van der Waals surface area contributed by atoms with Gasteiger partial charge in [0.15, 0.2) is 11.5 Å². The van der Waals surface area contributed by atoms with Crippen LogP contribution in [0.4, 0.5) is 4.79 Å². The number of ether oxygens (including phenoxy) is 3. The van der Waals surface area contributed by atoms with Gasteiger partial charge in [0.1, 0.15) is 18.1 Å². The van der Waals surface area contributed by atoms with Gasteiger partial charge in [-0.3, -0.25) is 9.69 Å². The third-order valence-electron chi connectivity index (χ3n) is 4.18. The van der Waals surface area contributed by atoms with E-state index in [0.29, 0.717) is 23.7 Å². The molecule has 1 aromatic carbocycles. The highest BCUT2D eigenvalue weighted by atomic mass is 16.5. The van der Waals surface area contributed by atoms with E-state index in [1.54, 1.807) is 24.3 Å². The number of urea groups is 1. The summed E-state index contributed by atoms with van der Waals surface area (Å²) in [6.45, 7) is 3.79. The normalized spacial score (nSPS) is 14.6. The largest absolute Gasteiger partial charge is 0.493 e. The Labute approximate surface area is 172 Å². The molecule has 0 aliphatic carbocycles. The van der Waals surface area contributed by atoms with Gasteiger partial charge in [0.2, 0.25) is 5.76 Å². The maximum atomic E-state index is 12.7. The third kappa shape index (κ3) is 4.35. The van der Waals surface area contributed by atoms with Gasteiger partial charge in [-0.25, -0.2) is 9.59 Å². The van der Waals surface area contributed by atoms with Crippen molar-refractivity contribution in [2.75, 3.05) is 20.8 Å². The summed E-state index contributed by atoms with van der Waals surface area (Å²) in [6.07, 6.45) is 3.14. The van der Waals surface area contributed by atoms with Crippen LogP contribution in [0.5, 0.6) is 11.5 Å². The minimum absolute atomic E-state index is 0.0128. The highest BCUT2D eigenvalue weighted by molar-refractivity contribution is 6.13. The average Bonchev–Trinajstić information content (AvgIpc) is 3.32. The molecule has 1 aliphatic heterocycles. The predicted octanol–water partition coefficient (Wildman–Crippen LogP) is 2.73. The maximum absolute atomic E-state index is 12.7. The van der Waals surface area contributed by atoms with Crippen molar-refractivity contribution in [1.29, 1.82) is 0 Å². The van der Waals surface area contributed by atoms with Gasteiger partial charge in [-0.1, -0.05) is 18.7 Å². The second-order valence-corrected chi connectivity index (χ2v) is 6.15.